The van der Waals surface area contributed by atoms with Crippen molar-refractivity contribution < 1.29 is 19.0 Å². The number of para-hydroxylation sites is 2. The van der Waals surface area contributed by atoms with Crippen LogP contribution < -0.4 is 14.2 Å². The Morgan fingerprint density at radius 2 is 1.52 bits per heavy atom. The molecule has 0 aliphatic rings. The lowest BCUT2D eigenvalue weighted by molar-refractivity contribution is 0.0786. The second-order valence-corrected chi connectivity index (χ2v) is 7.62. The van der Waals surface area contributed by atoms with Gasteiger partial charge in [0, 0.05) is 30.1 Å². The third kappa shape index (κ3) is 4.46. The normalized spacial score (nSPS) is 10.7. The Kier molecular flexibility index (Phi) is 6.45. The zero-order valence-electron chi connectivity index (χ0n) is 19.2. The molecule has 0 N–H and O–H groups in total. The lowest BCUT2D eigenvalue weighted by Gasteiger charge is -2.20. The molecule has 0 radical (unpaired) electrons. The fraction of sp³-hybridized carbons (Fsp3) is 0.185. The van der Waals surface area contributed by atoms with Crippen LogP contribution >= 0.6 is 0 Å². The first-order valence-corrected chi connectivity index (χ1v) is 10.5. The monoisotopic (exact) mass is 442 g/mol. The van der Waals surface area contributed by atoms with Gasteiger partial charge in [-0.1, -0.05) is 36.4 Å². The molecule has 1 amide bonds. The molecule has 0 aliphatic carbocycles. The molecule has 0 unspecified atom stereocenters. The van der Waals surface area contributed by atoms with Crippen LogP contribution in [0.15, 0.2) is 72.8 Å². The molecule has 4 rings (SSSR count). The van der Waals surface area contributed by atoms with E-state index in [2.05, 4.69) is 0 Å². The highest BCUT2D eigenvalue weighted by Crippen LogP contribution is 2.33. The fourth-order valence-corrected chi connectivity index (χ4v) is 3.86. The summed E-state index contributed by atoms with van der Waals surface area (Å²) >= 11 is 0. The molecule has 1 aromatic heterocycles. The first-order chi connectivity index (χ1) is 16.0. The van der Waals surface area contributed by atoms with E-state index in [0.29, 0.717) is 29.3 Å². The lowest BCUT2D eigenvalue weighted by Crippen LogP contribution is -2.26. The first kappa shape index (κ1) is 22.1. The average Bonchev–Trinajstić information content (AvgIpc) is 2.87. The molecule has 0 atom stereocenters. The SMILES string of the molecule is COc1ccccc1CN(C)C(=O)c1cc(-c2ccc(OC)c(OC)c2)nc2ccccc12. The Morgan fingerprint density at radius 3 is 2.27 bits per heavy atom. The van der Waals surface area contributed by atoms with E-state index in [1.54, 1.807) is 33.3 Å². The van der Waals surface area contributed by atoms with Gasteiger partial charge in [0.1, 0.15) is 5.75 Å². The van der Waals surface area contributed by atoms with Gasteiger partial charge in [-0.15, -0.1) is 0 Å². The van der Waals surface area contributed by atoms with Gasteiger partial charge in [0.2, 0.25) is 0 Å². The number of methoxy groups -OCH3 is 3. The molecule has 4 aromatic rings. The molecular formula is C27H26N2O4. The van der Waals surface area contributed by atoms with Gasteiger partial charge in [-0.25, -0.2) is 4.98 Å². The van der Waals surface area contributed by atoms with Gasteiger partial charge in [0.05, 0.1) is 38.1 Å². The largest absolute Gasteiger partial charge is 0.496 e. The number of hydrogen-bond donors (Lipinski definition) is 0. The number of hydrogen-bond acceptors (Lipinski definition) is 5. The van der Waals surface area contributed by atoms with E-state index in [4.69, 9.17) is 19.2 Å². The predicted molar refractivity (Wildman–Crippen MR) is 129 cm³/mol. The van der Waals surface area contributed by atoms with E-state index in [1.165, 1.54) is 0 Å². The van der Waals surface area contributed by atoms with Crippen molar-refractivity contribution in [2.45, 2.75) is 6.54 Å². The molecule has 0 spiro atoms. The standard InChI is InChI=1S/C27H26N2O4/c1-29(17-19-9-5-8-12-24(19)31-2)27(30)21-16-23(28-22-11-7-6-10-20(21)22)18-13-14-25(32-3)26(15-18)33-4/h5-16H,17H2,1-4H3. The minimum absolute atomic E-state index is 0.0961. The van der Waals surface area contributed by atoms with Gasteiger partial charge in [-0.3, -0.25) is 4.79 Å². The molecule has 0 aliphatic heterocycles. The quantitative estimate of drug-likeness (QED) is 0.394. The zero-order valence-corrected chi connectivity index (χ0v) is 19.2. The molecular weight excluding hydrogens is 416 g/mol. The highest BCUT2D eigenvalue weighted by Gasteiger charge is 2.19. The van der Waals surface area contributed by atoms with E-state index < -0.39 is 0 Å². The van der Waals surface area contributed by atoms with Gasteiger partial charge >= 0.3 is 0 Å². The van der Waals surface area contributed by atoms with Crippen molar-refractivity contribution in [3.8, 4) is 28.5 Å². The number of rotatable bonds is 7. The maximum Gasteiger partial charge on any atom is 0.254 e. The van der Waals surface area contributed by atoms with Crippen molar-refractivity contribution in [1.82, 2.24) is 9.88 Å². The molecule has 6 heteroatoms. The van der Waals surface area contributed by atoms with Gasteiger partial charge in [-0.05, 0) is 36.4 Å². The average molecular weight is 443 g/mol. The van der Waals surface area contributed by atoms with Gasteiger partial charge in [0.25, 0.3) is 5.91 Å². The van der Waals surface area contributed by atoms with E-state index in [9.17, 15) is 4.79 Å². The molecule has 0 saturated heterocycles. The first-order valence-electron chi connectivity index (χ1n) is 10.5. The molecule has 3 aromatic carbocycles. The van der Waals surface area contributed by atoms with Crippen LogP contribution in [0, 0.1) is 0 Å². The number of nitrogens with zero attached hydrogens (tertiary/aromatic N) is 2. The lowest BCUT2D eigenvalue weighted by atomic mass is 10.0. The highest BCUT2D eigenvalue weighted by molar-refractivity contribution is 6.07. The summed E-state index contributed by atoms with van der Waals surface area (Å²) in [5, 5.41) is 0.804. The minimum atomic E-state index is -0.0961. The summed E-state index contributed by atoms with van der Waals surface area (Å²) in [6.07, 6.45) is 0. The third-order valence-corrected chi connectivity index (χ3v) is 5.57. The third-order valence-electron chi connectivity index (χ3n) is 5.57. The maximum atomic E-state index is 13.6. The van der Waals surface area contributed by atoms with Crippen LogP contribution in [0.1, 0.15) is 15.9 Å². The summed E-state index contributed by atoms with van der Waals surface area (Å²) in [5.41, 5.74) is 3.79. The van der Waals surface area contributed by atoms with Crippen molar-refractivity contribution in [2.75, 3.05) is 28.4 Å². The van der Waals surface area contributed by atoms with Crippen LogP contribution in [0.5, 0.6) is 17.2 Å². The van der Waals surface area contributed by atoms with Crippen molar-refractivity contribution in [3.05, 3.63) is 83.9 Å². The van der Waals surface area contributed by atoms with Crippen molar-refractivity contribution >= 4 is 16.8 Å². The van der Waals surface area contributed by atoms with Gasteiger partial charge in [0.15, 0.2) is 11.5 Å². The highest BCUT2D eigenvalue weighted by atomic mass is 16.5. The Balaban J connectivity index is 1.76. The number of carbonyl (C=O) groups excluding carboxylic acids is 1. The molecule has 0 saturated carbocycles. The van der Waals surface area contributed by atoms with E-state index >= 15 is 0 Å². The minimum Gasteiger partial charge on any atom is -0.496 e. The van der Waals surface area contributed by atoms with Crippen LogP contribution in [0.3, 0.4) is 0 Å². The maximum absolute atomic E-state index is 13.6. The van der Waals surface area contributed by atoms with Crippen LogP contribution in [0.4, 0.5) is 0 Å². The van der Waals surface area contributed by atoms with E-state index in [-0.39, 0.29) is 5.91 Å². The van der Waals surface area contributed by atoms with Crippen LogP contribution in [-0.4, -0.2) is 44.2 Å². The fourth-order valence-electron chi connectivity index (χ4n) is 3.86. The van der Waals surface area contributed by atoms with E-state index in [1.807, 2.05) is 72.8 Å². The van der Waals surface area contributed by atoms with Crippen LogP contribution in [-0.2, 0) is 6.54 Å². The smallest absolute Gasteiger partial charge is 0.254 e. The molecule has 33 heavy (non-hydrogen) atoms. The summed E-state index contributed by atoms with van der Waals surface area (Å²) in [7, 11) is 6.61. The molecule has 6 nitrogen and oxygen atoms in total. The van der Waals surface area contributed by atoms with Crippen LogP contribution in [0.2, 0.25) is 0 Å². The topological polar surface area (TPSA) is 60.9 Å². The summed E-state index contributed by atoms with van der Waals surface area (Å²) in [4.78, 5) is 20.1. The van der Waals surface area contributed by atoms with Crippen molar-refractivity contribution in [3.63, 3.8) is 0 Å². The van der Waals surface area contributed by atoms with Crippen molar-refractivity contribution in [2.24, 2.45) is 0 Å². The molecule has 168 valence electrons. The summed E-state index contributed by atoms with van der Waals surface area (Å²) in [6.45, 7) is 0.422. The van der Waals surface area contributed by atoms with Crippen molar-refractivity contribution in [1.29, 1.82) is 0 Å². The summed E-state index contributed by atoms with van der Waals surface area (Å²) in [6, 6.07) is 22.8. The number of pyridine rings is 1. The number of carbonyl (C=O) groups is 1. The Labute approximate surface area is 193 Å². The number of fused-ring (bicyclic) bond motifs is 1. The number of benzene rings is 3. The predicted octanol–water partition coefficient (Wildman–Crippen LogP) is 5.20. The molecule has 0 bridgehead atoms. The Bertz CT molecular complexity index is 1300. The number of aromatic nitrogens is 1. The molecule has 1 heterocycles. The second-order valence-electron chi connectivity index (χ2n) is 7.62. The zero-order chi connectivity index (χ0) is 23.4. The number of amides is 1. The van der Waals surface area contributed by atoms with Gasteiger partial charge in [-0.2, -0.15) is 0 Å². The van der Waals surface area contributed by atoms with Crippen LogP contribution in [0.25, 0.3) is 22.2 Å². The summed E-state index contributed by atoms with van der Waals surface area (Å²) < 4.78 is 16.2. The Hall–Kier alpha value is -4.06. The van der Waals surface area contributed by atoms with Gasteiger partial charge < -0.3 is 19.1 Å². The Morgan fingerprint density at radius 1 is 0.818 bits per heavy atom. The second kappa shape index (κ2) is 9.61. The molecule has 0 fully saturated rings. The summed E-state index contributed by atoms with van der Waals surface area (Å²) in [5.74, 6) is 1.89. The van der Waals surface area contributed by atoms with E-state index in [0.717, 1.165) is 27.8 Å². The number of ether oxygens (including phenoxy) is 3.